The van der Waals surface area contributed by atoms with E-state index in [0.29, 0.717) is 19.0 Å². The molecular formula is C32H45N3O2. The minimum atomic E-state index is 0.234. The van der Waals surface area contributed by atoms with E-state index in [9.17, 15) is 0 Å². The van der Waals surface area contributed by atoms with Crippen LogP contribution in [0.1, 0.15) is 77.8 Å². The van der Waals surface area contributed by atoms with Crippen LogP contribution in [0.2, 0.25) is 0 Å². The summed E-state index contributed by atoms with van der Waals surface area (Å²) in [5.41, 5.74) is 10.4. The van der Waals surface area contributed by atoms with Crippen molar-refractivity contribution in [2.24, 2.45) is 15.7 Å². The molecule has 0 aliphatic rings. The van der Waals surface area contributed by atoms with Gasteiger partial charge in [-0.15, -0.1) is 0 Å². The second-order valence-electron chi connectivity index (χ2n) is 9.27. The van der Waals surface area contributed by atoms with Crippen molar-refractivity contribution in [2.75, 3.05) is 19.8 Å². The molecule has 1 atom stereocenters. The van der Waals surface area contributed by atoms with Gasteiger partial charge in [-0.25, -0.2) is 0 Å². The summed E-state index contributed by atoms with van der Waals surface area (Å²) in [5.74, 6) is 2.33. The SMILES string of the molecule is C/C=C(C)\C=C/CCN=C(C)c1cccc(OCCCCCOc2ccc(C(N)=NC(C)CC)cc2)c1. The Labute approximate surface area is 224 Å². The summed E-state index contributed by atoms with van der Waals surface area (Å²) in [6.45, 7) is 12.6. The highest BCUT2D eigenvalue weighted by molar-refractivity contribution is 5.99. The molecular weight excluding hydrogens is 458 g/mol. The van der Waals surface area contributed by atoms with Crippen molar-refractivity contribution in [1.82, 2.24) is 0 Å². The van der Waals surface area contributed by atoms with Crippen molar-refractivity contribution in [3.05, 3.63) is 83.5 Å². The summed E-state index contributed by atoms with van der Waals surface area (Å²) in [5, 5.41) is 0. The average molecular weight is 504 g/mol. The monoisotopic (exact) mass is 503 g/mol. The summed E-state index contributed by atoms with van der Waals surface area (Å²) < 4.78 is 11.9. The Morgan fingerprint density at radius 1 is 0.946 bits per heavy atom. The largest absolute Gasteiger partial charge is 0.494 e. The van der Waals surface area contributed by atoms with E-state index in [0.717, 1.165) is 67.0 Å². The maximum atomic E-state index is 6.08. The van der Waals surface area contributed by atoms with Crippen LogP contribution < -0.4 is 15.2 Å². The normalized spacial score (nSPS) is 13.7. The molecule has 0 aliphatic heterocycles. The first kappa shape index (κ1) is 29.9. The minimum Gasteiger partial charge on any atom is -0.494 e. The van der Waals surface area contributed by atoms with Gasteiger partial charge in [0.1, 0.15) is 17.3 Å². The van der Waals surface area contributed by atoms with Crippen LogP contribution in [0, 0.1) is 0 Å². The van der Waals surface area contributed by atoms with Crippen LogP contribution in [0.15, 0.2) is 82.3 Å². The lowest BCUT2D eigenvalue weighted by molar-refractivity contribution is 0.279. The van der Waals surface area contributed by atoms with Crippen LogP contribution in [-0.4, -0.2) is 37.3 Å². The van der Waals surface area contributed by atoms with Crippen LogP contribution in [0.3, 0.4) is 0 Å². The first-order valence-corrected chi connectivity index (χ1v) is 13.5. The van der Waals surface area contributed by atoms with E-state index in [1.807, 2.05) is 36.4 Å². The Kier molecular flexibility index (Phi) is 13.9. The summed E-state index contributed by atoms with van der Waals surface area (Å²) in [6.07, 6.45) is 11.4. The van der Waals surface area contributed by atoms with E-state index in [1.165, 1.54) is 5.57 Å². The van der Waals surface area contributed by atoms with Gasteiger partial charge in [0, 0.05) is 23.9 Å². The third kappa shape index (κ3) is 12.0. The van der Waals surface area contributed by atoms with E-state index in [1.54, 1.807) is 0 Å². The highest BCUT2D eigenvalue weighted by Crippen LogP contribution is 2.16. The number of rotatable bonds is 16. The summed E-state index contributed by atoms with van der Waals surface area (Å²) in [6, 6.07) is 16.3. The second-order valence-corrected chi connectivity index (χ2v) is 9.27. The number of amidine groups is 1. The molecule has 0 aromatic heterocycles. The van der Waals surface area contributed by atoms with Crippen LogP contribution in [0.25, 0.3) is 0 Å². The van der Waals surface area contributed by atoms with E-state index >= 15 is 0 Å². The summed E-state index contributed by atoms with van der Waals surface area (Å²) >= 11 is 0. The number of aliphatic imine (C=N–C) groups is 2. The maximum absolute atomic E-state index is 6.08. The number of nitrogens with two attached hydrogens (primary N) is 1. The molecule has 2 aromatic carbocycles. The maximum Gasteiger partial charge on any atom is 0.125 e. The van der Waals surface area contributed by atoms with Gasteiger partial charge < -0.3 is 15.2 Å². The number of hydrogen-bond donors (Lipinski definition) is 1. The lowest BCUT2D eigenvalue weighted by Gasteiger charge is -2.10. The molecule has 0 amide bonds. The van der Waals surface area contributed by atoms with Gasteiger partial charge in [-0.3, -0.25) is 9.98 Å². The molecule has 0 heterocycles. The standard InChI is InChI=1S/C32H45N3O2/c1-6-25(3)14-9-10-21-34-27(5)29-15-13-16-31(24-29)37-23-12-8-11-22-36-30-19-17-28(18-20-30)32(33)35-26(4)7-2/h6,9,13-20,24,26H,7-8,10-12,21-23H2,1-5H3,(H2,33,35)/b14-9-,25-6-,34-27?. The number of benzene rings is 2. The molecule has 2 N–H and O–H groups in total. The summed E-state index contributed by atoms with van der Waals surface area (Å²) in [4.78, 5) is 9.20. The molecule has 2 rings (SSSR count). The van der Waals surface area contributed by atoms with Crippen molar-refractivity contribution >= 4 is 11.5 Å². The first-order chi connectivity index (χ1) is 17.9. The molecule has 0 spiro atoms. The molecule has 37 heavy (non-hydrogen) atoms. The van der Waals surface area contributed by atoms with Crippen molar-refractivity contribution in [1.29, 1.82) is 0 Å². The molecule has 0 saturated carbocycles. The molecule has 0 aliphatic carbocycles. The predicted molar refractivity (Wildman–Crippen MR) is 158 cm³/mol. The highest BCUT2D eigenvalue weighted by atomic mass is 16.5. The van der Waals surface area contributed by atoms with E-state index in [4.69, 9.17) is 20.2 Å². The van der Waals surface area contributed by atoms with Crippen LogP contribution in [0.5, 0.6) is 11.5 Å². The molecule has 0 fully saturated rings. The van der Waals surface area contributed by atoms with Gasteiger partial charge in [0.05, 0.1) is 13.2 Å². The topological polar surface area (TPSA) is 69.2 Å². The third-order valence-corrected chi connectivity index (χ3v) is 6.16. The van der Waals surface area contributed by atoms with Gasteiger partial charge >= 0.3 is 0 Å². The smallest absolute Gasteiger partial charge is 0.125 e. The Bertz CT molecular complexity index is 1050. The third-order valence-electron chi connectivity index (χ3n) is 6.16. The van der Waals surface area contributed by atoms with Crippen molar-refractivity contribution in [2.45, 2.75) is 72.8 Å². The van der Waals surface area contributed by atoms with Crippen LogP contribution in [0.4, 0.5) is 0 Å². The van der Waals surface area contributed by atoms with Gasteiger partial charge in [-0.05, 0) is 102 Å². The Balaban J connectivity index is 1.66. The first-order valence-electron chi connectivity index (χ1n) is 13.5. The van der Waals surface area contributed by atoms with Gasteiger partial charge in [0.25, 0.3) is 0 Å². The lowest BCUT2D eigenvalue weighted by Crippen LogP contribution is -2.16. The van der Waals surface area contributed by atoms with Crippen molar-refractivity contribution < 1.29 is 9.47 Å². The lowest BCUT2D eigenvalue weighted by atomic mass is 10.1. The van der Waals surface area contributed by atoms with Crippen molar-refractivity contribution in [3.63, 3.8) is 0 Å². The Morgan fingerprint density at radius 2 is 1.65 bits per heavy atom. The van der Waals surface area contributed by atoms with Gasteiger partial charge in [-0.2, -0.15) is 0 Å². The molecule has 5 nitrogen and oxygen atoms in total. The number of allylic oxidation sites excluding steroid dienone is 3. The van der Waals surface area contributed by atoms with Gasteiger partial charge in [0.2, 0.25) is 0 Å². The van der Waals surface area contributed by atoms with Crippen molar-refractivity contribution in [3.8, 4) is 11.5 Å². The molecule has 0 radical (unpaired) electrons. The highest BCUT2D eigenvalue weighted by Gasteiger charge is 2.03. The van der Waals surface area contributed by atoms with Crippen LogP contribution in [-0.2, 0) is 0 Å². The van der Waals surface area contributed by atoms with E-state index in [2.05, 4.69) is 70.0 Å². The Morgan fingerprint density at radius 3 is 2.32 bits per heavy atom. The van der Waals surface area contributed by atoms with Crippen LogP contribution >= 0.6 is 0 Å². The number of unbranched alkanes of at least 4 members (excludes halogenated alkanes) is 2. The fourth-order valence-corrected chi connectivity index (χ4v) is 3.46. The zero-order valence-electron chi connectivity index (χ0n) is 23.4. The van der Waals surface area contributed by atoms with Gasteiger partial charge in [-0.1, -0.05) is 42.9 Å². The second kappa shape index (κ2) is 17.2. The van der Waals surface area contributed by atoms with E-state index in [-0.39, 0.29) is 6.04 Å². The Hall–Kier alpha value is -3.34. The quantitative estimate of drug-likeness (QED) is 0.111. The molecule has 5 heteroatoms. The number of nitrogens with zero attached hydrogens (tertiary/aromatic N) is 2. The van der Waals surface area contributed by atoms with E-state index < -0.39 is 0 Å². The minimum absolute atomic E-state index is 0.234. The predicted octanol–water partition coefficient (Wildman–Crippen LogP) is 7.54. The molecule has 2 aromatic rings. The average Bonchev–Trinajstić information content (AvgIpc) is 2.92. The molecule has 200 valence electrons. The fourth-order valence-electron chi connectivity index (χ4n) is 3.46. The summed E-state index contributed by atoms with van der Waals surface area (Å²) in [7, 11) is 0. The number of ether oxygens (including phenoxy) is 2. The zero-order chi connectivity index (χ0) is 26.9. The fraction of sp³-hybridized carbons (Fsp3) is 0.438. The molecule has 0 bridgehead atoms. The molecule has 1 unspecified atom stereocenters. The number of hydrogen-bond acceptors (Lipinski definition) is 4. The zero-order valence-corrected chi connectivity index (χ0v) is 23.4. The molecule has 0 saturated heterocycles. The van der Waals surface area contributed by atoms with Gasteiger partial charge in [0.15, 0.2) is 0 Å².